The van der Waals surface area contributed by atoms with E-state index in [1.165, 1.54) is 0 Å². The van der Waals surface area contributed by atoms with E-state index in [1.54, 1.807) is 0 Å². The van der Waals surface area contributed by atoms with Crippen LogP contribution in [0.2, 0.25) is 0 Å². The maximum atomic E-state index is 11.9. The van der Waals surface area contributed by atoms with Gasteiger partial charge in [-0.05, 0) is 46.7 Å². The van der Waals surface area contributed by atoms with Crippen molar-refractivity contribution in [2.24, 2.45) is 11.8 Å². The molecule has 0 aliphatic heterocycles. The fraction of sp³-hybridized carbons (Fsp3) is 0.200. The first-order chi connectivity index (χ1) is 14.5. The first-order valence-corrected chi connectivity index (χ1v) is 9.76. The molecule has 30 heavy (non-hydrogen) atoms. The van der Waals surface area contributed by atoms with Crippen LogP contribution in [0.4, 0.5) is 0 Å². The van der Waals surface area contributed by atoms with Crippen molar-refractivity contribution >= 4 is 11.9 Å². The minimum atomic E-state index is -1.11. The molecule has 0 aliphatic carbocycles. The van der Waals surface area contributed by atoms with Crippen molar-refractivity contribution in [1.82, 2.24) is 0 Å². The van der Waals surface area contributed by atoms with Gasteiger partial charge < -0.3 is 15.3 Å². The van der Waals surface area contributed by atoms with Crippen molar-refractivity contribution in [3.05, 3.63) is 95.6 Å². The summed E-state index contributed by atoms with van der Waals surface area (Å²) in [5, 5.41) is 28.7. The lowest BCUT2D eigenvalue weighted by molar-refractivity contribution is -0.153. The lowest BCUT2D eigenvalue weighted by Gasteiger charge is -2.21. The molecule has 0 aliphatic rings. The SMILES string of the molecule is O=C(O)[C@@H](Cc1ccccc1)[C@H](Cc1ccc(-c2cccc(CO)c2)cc1)C(=O)O. The number of carbonyl (C=O) groups is 2. The molecule has 154 valence electrons. The quantitative estimate of drug-likeness (QED) is 0.500. The molecule has 3 aromatic carbocycles. The van der Waals surface area contributed by atoms with Gasteiger partial charge >= 0.3 is 11.9 Å². The van der Waals surface area contributed by atoms with Crippen LogP contribution in [-0.2, 0) is 29.0 Å². The highest BCUT2D eigenvalue weighted by Gasteiger charge is 2.34. The van der Waals surface area contributed by atoms with E-state index < -0.39 is 23.8 Å². The van der Waals surface area contributed by atoms with Crippen molar-refractivity contribution in [3.63, 3.8) is 0 Å². The lowest BCUT2D eigenvalue weighted by atomic mass is 9.82. The molecule has 0 aromatic heterocycles. The minimum Gasteiger partial charge on any atom is -0.481 e. The molecule has 0 saturated carbocycles. The summed E-state index contributed by atoms with van der Waals surface area (Å²) in [7, 11) is 0. The zero-order valence-corrected chi connectivity index (χ0v) is 16.4. The number of benzene rings is 3. The van der Waals surface area contributed by atoms with E-state index >= 15 is 0 Å². The predicted molar refractivity (Wildman–Crippen MR) is 114 cm³/mol. The van der Waals surface area contributed by atoms with Crippen LogP contribution in [0.1, 0.15) is 16.7 Å². The van der Waals surface area contributed by atoms with Gasteiger partial charge in [0.15, 0.2) is 0 Å². The molecule has 3 N–H and O–H groups in total. The van der Waals surface area contributed by atoms with Crippen molar-refractivity contribution in [1.29, 1.82) is 0 Å². The monoisotopic (exact) mass is 404 g/mol. The van der Waals surface area contributed by atoms with E-state index in [2.05, 4.69) is 0 Å². The number of hydrogen-bond acceptors (Lipinski definition) is 3. The standard InChI is InChI=1S/C25H24O5/c26-16-19-7-4-8-21(13-19)20-11-9-18(10-12-20)15-23(25(29)30)22(24(27)28)14-17-5-2-1-3-6-17/h1-13,22-23,26H,14-16H2,(H,27,28)(H,29,30)/t22-,23-/m0/s1. The van der Waals surface area contributed by atoms with Crippen LogP contribution in [-0.4, -0.2) is 27.3 Å². The second kappa shape index (κ2) is 9.85. The maximum absolute atomic E-state index is 11.9. The summed E-state index contributed by atoms with van der Waals surface area (Å²) in [6, 6.07) is 24.1. The van der Waals surface area contributed by atoms with Gasteiger partial charge in [0.2, 0.25) is 0 Å². The van der Waals surface area contributed by atoms with Crippen LogP contribution in [0.3, 0.4) is 0 Å². The van der Waals surface area contributed by atoms with Gasteiger partial charge in [0.1, 0.15) is 0 Å². The number of hydrogen-bond donors (Lipinski definition) is 3. The summed E-state index contributed by atoms with van der Waals surface area (Å²) >= 11 is 0. The Morgan fingerprint density at radius 1 is 0.633 bits per heavy atom. The number of aliphatic hydroxyl groups excluding tert-OH is 1. The first kappa shape index (κ1) is 21.3. The third-order valence-corrected chi connectivity index (χ3v) is 5.27. The van der Waals surface area contributed by atoms with Crippen LogP contribution < -0.4 is 0 Å². The average Bonchev–Trinajstić information content (AvgIpc) is 2.77. The fourth-order valence-electron chi connectivity index (χ4n) is 3.61. The van der Waals surface area contributed by atoms with Gasteiger partial charge in [-0.3, -0.25) is 9.59 Å². The highest BCUT2D eigenvalue weighted by molar-refractivity contribution is 5.80. The van der Waals surface area contributed by atoms with Gasteiger partial charge in [0, 0.05) is 0 Å². The van der Waals surface area contributed by atoms with Crippen molar-refractivity contribution in [2.45, 2.75) is 19.4 Å². The first-order valence-electron chi connectivity index (χ1n) is 9.76. The summed E-state index contributed by atoms with van der Waals surface area (Å²) in [5.41, 5.74) is 4.28. The van der Waals surface area contributed by atoms with E-state index in [0.717, 1.165) is 27.8 Å². The molecule has 0 amide bonds. The topological polar surface area (TPSA) is 94.8 Å². The van der Waals surface area contributed by atoms with E-state index in [1.807, 2.05) is 78.9 Å². The normalized spacial score (nSPS) is 12.8. The third-order valence-electron chi connectivity index (χ3n) is 5.27. The second-order valence-electron chi connectivity index (χ2n) is 7.34. The molecular weight excluding hydrogens is 380 g/mol. The van der Waals surface area contributed by atoms with Gasteiger partial charge in [-0.2, -0.15) is 0 Å². The number of rotatable bonds is 9. The summed E-state index contributed by atoms with van der Waals surface area (Å²) in [6.07, 6.45) is 0.301. The van der Waals surface area contributed by atoms with Gasteiger partial charge in [-0.1, -0.05) is 72.8 Å². The summed E-state index contributed by atoms with van der Waals surface area (Å²) in [6.45, 7) is -0.0375. The Hall–Kier alpha value is -3.44. The molecule has 0 fully saturated rings. The number of carboxylic acid groups (broad SMARTS) is 2. The van der Waals surface area contributed by atoms with Gasteiger partial charge in [-0.25, -0.2) is 0 Å². The van der Waals surface area contributed by atoms with Gasteiger partial charge in [-0.15, -0.1) is 0 Å². The Kier molecular flexibility index (Phi) is 6.99. The minimum absolute atomic E-state index is 0.0375. The van der Waals surface area contributed by atoms with Gasteiger partial charge in [0.05, 0.1) is 18.4 Å². The van der Waals surface area contributed by atoms with Crippen LogP contribution >= 0.6 is 0 Å². The predicted octanol–water partition coefficient (Wildman–Crippen LogP) is 4.03. The Bertz CT molecular complexity index is 996. The molecular formula is C25H24O5. The molecule has 5 heteroatoms. The average molecular weight is 404 g/mol. The smallest absolute Gasteiger partial charge is 0.307 e. The van der Waals surface area contributed by atoms with Gasteiger partial charge in [0.25, 0.3) is 0 Å². The molecule has 0 heterocycles. The van der Waals surface area contributed by atoms with E-state index in [9.17, 15) is 24.9 Å². The molecule has 3 rings (SSSR count). The van der Waals surface area contributed by atoms with Crippen LogP contribution in [0, 0.1) is 11.8 Å². The van der Waals surface area contributed by atoms with Crippen LogP contribution in [0.25, 0.3) is 11.1 Å². The van der Waals surface area contributed by atoms with E-state index in [-0.39, 0.29) is 19.4 Å². The maximum Gasteiger partial charge on any atom is 0.307 e. The second-order valence-corrected chi connectivity index (χ2v) is 7.34. The highest BCUT2D eigenvalue weighted by atomic mass is 16.4. The molecule has 5 nitrogen and oxygen atoms in total. The molecule has 0 bridgehead atoms. The lowest BCUT2D eigenvalue weighted by Crippen LogP contribution is -2.33. The molecule has 0 radical (unpaired) electrons. The van der Waals surface area contributed by atoms with Crippen molar-refractivity contribution in [2.75, 3.05) is 0 Å². The number of aliphatic carboxylic acids is 2. The Morgan fingerprint density at radius 3 is 1.70 bits per heavy atom. The fourth-order valence-corrected chi connectivity index (χ4v) is 3.61. The Balaban J connectivity index is 1.80. The third kappa shape index (κ3) is 5.33. The molecule has 0 unspecified atom stereocenters. The Labute approximate surface area is 175 Å². The van der Waals surface area contributed by atoms with Crippen LogP contribution in [0.5, 0.6) is 0 Å². The largest absolute Gasteiger partial charge is 0.481 e. The summed E-state index contributed by atoms with van der Waals surface area (Å²) in [5.74, 6) is -4.28. The number of aliphatic hydroxyl groups is 1. The van der Waals surface area contributed by atoms with Crippen molar-refractivity contribution in [3.8, 4) is 11.1 Å². The molecule has 2 atom stereocenters. The zero-order chi connectivity index (χ0) is 21.5. The van der Waals surface area contributed by atoms with Crippen molar-refractivity contribution < 1.29 is 24.9 Å². The molecule has 3 aromatic rings. The highest BCUT2D eigenvalue weighted by Crippen LogP contribution is 2.26. The van der Waals surface area contributed by atoms with E-state index in [4.69, 9.17) is 0 Å². The zero-order valence-electron chi connectivity index (χ0n) is 16.4. The summed E-state index contributed by atoms with van der Waals surface area (Å²) < 4.78 is 0. The van der Waals surface area contributed by atoms with Crippen LogP contribution in [0.15, 0.2) is 78.9 Å². The van der Waals surface area contributed by atoms with E-state index in [0.29, 0.717) is 0 Å². The number of carboxylic acids is 2. The molecule has 0 saturated heterocycles. The Morgan fingerprint density at radius 2 is 1.17 bits per heavy atom. The summed E-state index contributed by atoms with van der Waals surface area (Å²) in [4.78, 5) is 23.8. The molecule has 0 spiro atoms.